The van der Waals surface area contributed by atoms with E-state index in [4.69, 9.17) is 4.42 Å². The molecular formula is C13H23N3O. The van der Waals surface area contributed by atoms with Crippen molar-refractivity contribution in [2.45, 2.75) is 19.5 Å². The molecule has 1 aromatic rings. The summed E-state index contributed by atoms with van der Waals surface area (Å²) in [6.07, 6.45) is 3.06. The molecule has 4 heteroatoms. The monoisotopic (exact) mass is 237 g/mol. The summed E-state index contributed by atoms with van der Waals surface area (Å²) in [6.45, 7) is 6.55. The van der Waals surface area contributed by atoms with Gasteiger partial charge in [0.2, 0.25) is 0 Å². The Bertz CT molecular complexity index is 337. The Morgan fingerprint density at radius 1 is 1.29 bits per heavy atom. The lowest BCUT2D eigenvalue weighted by atomic mass is 10.2. The first-order valence-electron chi connectivity index (χ1n) is 6.40. The van der Waals surface area contributed by atoms with Gasteiger partial charge in [0.1, 0.15) is 5.76 Å². The molecule has 0 radical (unpaired) electrons. The van der Waals surface area contributed by atoms with Crippen molar-refractivity contribution in [2.24, 2.45) is 0 Å². The zero-order chi connectivity index (χ0) is 12.1. The van der Waals surface area contributed by atoms with Crippen LogP contribution in [-0.2, 0) is 13.1 Å². The van der Waals surface area contributed by atoms with Crippen molar-refractivity contribution < 1.29 is 4.42 Å². The van der Waals surface area contributed by atoms with Crippen LogP contribution in [0.2, 0.25) is 0 Å². The van der Waals surface area contributed by atoms with Crippen LogP contribution in [0.5, 0.6) is 0 Å². The van der Waals surface area contributed by atoms with Gasteiger partial charge in [0.15, 0.2) is 0 Å². The fourth-order valence-corrected chi connectivity index (χ4v) is 2.32. The van der Waals surface area contributed by atoms with Gasteiger partial charge in [0, 0.05) is 25.2 Å². The fraction of sp³-hybridized carbons (Fsp3) is 0.692. The van der Waals surface area contributed by atoms with E-state index in [1.54, 1.807) is 6.26 Å². The van der Waals surface area contributed by atoms with Crippen LogP contribution in [0.1, 0.15) is 17.7 Å². The molecule has 96 valence electrons. The van der Waals surface area contributed by atoms with E-state index < -0.39 is 0 Å². The summed E-state index contributed by atoms with van der Waals surface area (Å²) in [7, 11) is 4.15. The van der Waals surface area contributed by atoms with E-state index in [2.05, 4.69) is 28.2 Å². The van der Waals surface area contributed by atoms with Crippen LogP contribution < -0.4 is 5.32 Å². The topological polar surface area (TPSA) is 31.7 Å². The molecule has 0 aliphatic carbocycles. The lowest BCUT2D eigenvalue weighted by Gasteiger charge is -2.19. The minimum atomic E-state index is 0.816. The molecule has 0 atom stereocenters. The Balaban J connectivity index is 1.92. The molecule has 2 rings (SSSR count). The molecule has 0 saturated carbocycles. The molecule has 0 bridgehead atoms. The first-order valence-corrected chi connectivity index (χ1v) is 6.40. The molecular weight excluding hydrogens is 214 g/mol. The van der Waals surface area contributed by atoms with E-state index >= 15 is 0 Å². The number of nitrogens with zero attached hydrogens (tertiary/aromatic N) is 2. The first-order chi connectivity index (χ1) is 8.29. The third-order valence-electron chi connectivity index (χ3n) is 3.38. The minimum Gasteiger partial charge on any atom is -0.468 e. The third-order valence-corrected chi connectivity index (χ3v) is 3.38. The second-order valence-electron chi connectivity index (χ2n) is 4.83. The van der Waals surface area contributed by atoms with Gasteiger partial charge >= 0.3 is 0 Å². The van der Waals surface area contributed by atoms with Crippen molar-refractivity contribution in [2.75, 3.05) is 40.3 Å². The standard InChI is InChI=1S/C13H23N3O/c1-14-10-13-12(4-9-17-13)11-16-6-3-5-15(2)7-8-16/h4,9,14H,3,5-8,10-11H2,1-2H3. The van der Waals surface area contributed by atoms with Gasteiger partial charge in [0.05, 0.1) is 12.8 Å². The summed E-state index contributed by atoms with van der Waals surface area (Å²) in [6, 6.07) is 2.10. The molecule has 1 saturated heterocycles. The second kappa shape index (κ2) is 6.19. The average Bonchev–Trinajstić information content (AvgIpc) is 2.63. The van der Waals surface area contributed by atoms with Gasteiger partial charge in [-0.15, -0.1) is 0 Å². The molecule has 4 nitrogen and oxygen atoms in total. The van der Waals surface area contributed by atoms with Crippen molar-refractivity contribution in [3.8, 4) is 0 Å². The summed E-state index contributed by atoms with van der Waals surface area (Å²) in [5.74, 6) is 1.07. The SMILES string of the molecule is CNCc1occc1CN1CCCN(C)CC1. The van der Waals surface area contributed by atoms with Crippen LogP contribution in [0.4, 0.5) is 0 Å². The van der Waals surface area contributed by atoms with Crippen LogP contribution >= 0.6 is 0 Å². The second-order valence-corrected chi connectivity index (χ2v) is 4.83. The molecule has 1 aromatic heterocycles. The average molecular weight is 237 g/mol. The maximum absolute atomic E-state index is 5.50. The molecule has 0 amide bonds. The number of hydrogen-bond donors (Lipinski definition) is 1. The maximum Gasteiger partial charge on any atom is 0.122 e. The fourth-order valence-electron chi connectivity index (χ4n) is 2.32. The van der Waals surface area contributed by atoms with Gasteiger partial charge in [-0.3, -0.25) is 4.90 Å². The number of furan rings is 1. The van der Waals surface area contributed by atoms with Crippen molar-refractivity contribution in [1.82, 2.24) is 15.1 Å². The van der Waals surface area contributed by atoms with Gasteiger partial charge in [-0.1, -0.05) is 0 Å². The van der Waals surface area contributed by atoms with E-state index in [9.17, 15) is 0 Å². The third kappa shape index (κ3) is 3.56. The van der Waals surface area contributed by atoms with Crippen LogP contribution in [0.15, 0.2) is 16.7 Å². The van der Waals surface area contributed by atoms with E-state index in [0.29, 0.717) is 0 Å². The summed E-state index contributed by atoms with van der Waals surface area (Å²) in [5, 5.41) is 3.15. The lowest BCUT2D eigenvalue weighted by Crippen LogP contribution is -2.28. The molecule has 0 spiro atoms. The minimum absolute atomic E-state index is 0.816. The van der Waals surface area contributed by atoms with Gasteiger partial charge in [-0.2, -0.15) is 0 Å². The van der Waals surface area contributed by atoms with E-state index in [1.165, 1.54) is 31.6 Å². The summed E-state index contributed by atoms with van der Waals surface area (Å²) in [4.78, 5) is 4.93. The number of likely N-dealkylation sites (N-methyl/N-ethyl adjacent to an activating group) is 1. The van der Waals surface area contributed by atoms with Crippen molar-refractivity contribution in [3.05, 3.63) is 23.7 Å². The maximum atomic E-state index is 5.50. The van der Waals surface area contributed by atoms with Crippen molar-refractivity contribution in [1.29, 1.82) is 0 Å². The van der Waals surface area contributed by atoms with E-state index in [0.717, 1.165) is 25.4 Å². The summed E-state index contributed by atoms with van der Waals surface area (Å²) in [5.41, 5.74) is 1.32. The Morgan fingerprint density at radius 2 is 2.18 bits per heavy atom. The van der Waals surface area contributed by atoms with E-state index in [-0.39, 0.29) is 0 Å². The Labute approximate surface area is 104 Å². The Kier molecular flexibility index (Phi) is 4.59. The summed E-state index contributed by atoms with van der Waals surface area (Å²) < 4.78 is 5.50. The van der Waals surface area contributed by atoms with Crippen molar-refractivity contribution in [3.63, 3.8) is 0 Å². The van der Waals surface area contributed by atoms with Crippen LogP contribution in [0.3, 0.4) is 0 Å². The van der Waals surface area contributed by atoms with Gasteiger partial charge < -0.3 is 14.6 Å². The van der Waals surface area contributed by atoms with Gasteiger partial charge in [-0.05, 0) is 39.7 Å². The predicted octanol–water partition coefficient (Wildman–Crippen LogP) is 1.14. The molecule has 2 heterocycles. The van der Waals surface area contributed by atoms with Crippen LogP contribution in [0, 0.1) is 0 Å². The van der Waals surface area contributed by atoms with E-state index in [1.807, 2.05) is 7.05 Å². The molecule has 1 fully saturated rings. The van der Waals surface area contributed by atoms with Crippen molar-refractivity contribution >= 4 is 0 Å². The summed E-state index contributed by atoms with van der Waals surface area (Å²) >= 11 is 0. The number of nitrogens with one attached hydrogen (secondary N) is 1. The van der Waals surface area contributed by atoms with Crippen LogP contribution in [-0.4, -0.2) is 50.1 Å². The first kappa shape index (κ1) is 12.6. The quantitative estimate of drug-likeness (QED) is 0.851. The molecule has 0 aromatic carbocycles. The highest BCUT2D eigenvalue weighted by Gasteiger charge is 2.14. The number of hydrogen-bond acceptors (Lipinski definition) is 4. The van der Waals surface area contributed by atoms with Gasteiger partial charge in [0.25, 0.3) is 0 Å². The van der Waals surface area contributed by atoms with Crippen LogP contribution in [0.25, 0.3) is 0 Å². The predicted molar refractivity (Wildman–Crippen MR) is 68.9 cm³/mol. The highest BCUT2D eigenvalue weighted by atomic mass is 16.3. The highest BCUT2D eigenvalue weighted by Crippen LogP contribution is 2.14. The molecule has 0 unspecified atom stereocenters. The zero-order valence-electron chi connectivity index (χ0n) is 10.9. The number of rotatable bonds is 4. The van der Waals surface area contributed by atoms with Gasteiger partial charge in [-0.25, -0.2) is 0 Å². The Morgan fingerprint density at radius 3 is 3.00 bits per heavy atom. The molecule has 17 heavy (non-hydrogen) atoms. The zero-order valence-corrected chi connectivity index (χ0v) is 10.9. The lowest BCUT2D eigenvalue weighted by molar-refractivity contribution is 0.267. The normalized spacial score (nSPS) is 19.4. The molecule has 1 aliphatic rings. The highest BCUT2D eigenvalue weighted by molar-refractivity contribution is 5.16. The largest absolute Gasteiger partial charge is 0.468 e. The smallest absolute Gasteiger partial charge is 0.122 e. The Hall–Kier alpha value is -0.840. The molecule has 1 N–H and O–H groups in total. The molecule has 1 aliphatic heterocycles.